The fraction of sp³-hybridized carbons (Fsp3) is 0.294. The number of halogens is 1. The van der Waals surface area contributed by atoms with Crippen molar-refractivity contribution in [1.82, 2.24) is 10.2 Å². The summed E-state index contributed by atoms with van der Waals surface area (Å²) in [5.74, 6) is 0. The number of benzene rings is 1. The molecule has 0 atom stereocenters. The van der Waals surface area contributed by atoms with Gasteiger partial charge in [-0.3, -0.25) is 0 Å². The van der Waals surface area contributed by atoms with E-state index in [1.807, 2.05) is 30.3 Å². The lowest BCUT2D eigenvalue weighted by atomic mass is 10.1. The number of unbranched alkanes of at least 4 members (excludes halogenated alkanes) is 3. The maximum absolute atomic E-state index is 8.49. The topological polar surface area (TPSA) is 71.2 Å². The summed E-state index contributed by atoms with van der Waals surface area (Å²) in [6.07, 6.45) is 6.56. The molecule has 0 spiro atoms. The van der Waals surface area contributed by atoms with E-state index in [1.54, 1.807) is 12.4 Å². The van der Waals surface area contributed by atoms with Gasteiger partial charge >= 0.3 is 0 Å². The first kappa shape index (κ1) is 16.9. The Morgan fingerprint density at radius 3 is 2.61 bits per heavy atom. The van der Waals surface area contributed by atoms with Crippen molar-refractivity contribution in [3.8, 4) is 6.07 Å². The van der Waals surface area contributed by atoms with Gasteiger partial charge in [0.05, 0.1) is 18.5 Å². The average Bonchev–Trinajstić information content (AvgIpc) is 2.59. The molecule has 0 aliphatic rings. The molecule has 1 heterocycles. The number of nitrogens with zero attached hydrogens (tertiary/aromatic N) is 4. The highest BCUT2D eigenvalue weighted by atomic mass is 35.5. The van der Waals surface area contributed by atoms with E-state index in [1.165, 1.54) is 0 Å². The predicted molar refractivity (Wildman–Crippen MR) is 89.2 cm³/mol. The molecule has 0 bridgehead atoms. The van der Waals surface area contributed by atoms with Gasteiger partial charge in [0, 0.05) is 22.6 Å². The van der Waals surface area contributed by atoms with Crippen LogP contribution in [0.2, 0.25) is 5.02 Å². The Morgan fingerprint density at radius 1 is 1.09 bits per heavy atom. The van der Waals surface area contributed by atoms with E-state index in [9.17, 15) is 0 Å². The lowest BCUT2D eigenvalue weighted by molar-refractivity contribution is 0.140. The molecule has 5 nitrogen and oxygen atoms in total. The molecule has 23 heavy (non-hydrogen) atoms. The summed E-state index contributed by atoms with van der Waals surface area (Å²) >= 11 is 5.93. The Balaban J connectivity index is 2.04. The van der Waals surface area contributed by atoms with Crippen molar-refractivity contribution in [2.24, 2.45) is 5.16 Å². The number of hydrogen-bond donors (Lipinski definition) is 0. The minimum absolute atomic E-state index is 0.515. The highest BCUT2D eigenvalue weighted by molar-refractivity contribution is 6.30. The van der Waals surface area contributed by atoms with E-state index in [2.05, 4.69) is 21.4 Å². The minimum Gasteiger partial charge on any atom is -0.395 e. The summed E-state index contributed by atoms with van der Waals surface area (Å²) in [7, 11) is 0. The van der Waals surface area contributed by atoms with Crippen molar-refractivity contribution >= 4 is 17.3 Å². The lowest BCUT2D eigenvalue weighted by Gasteiger charge is -2.07. The fourth-order valence-electron chi connectivity index (χ4n) is 1.97. The quantitative estimate of drug-likeness (QED) is 0.417. The molecule has 0 unspecified atom stereocenters. The van der Waals surface area contributed by atoms with Gasteiger partial charge in [-0.05, 0) is 37.5 Å². The van der Waals surface area contributed by atoms with Crippen LogP contribution in [0.3, 0.4) is 0 Å². The number of nitriles is 1. The molecule has 1 aromatic carbocycles. The van der Waals surface area contributed by atoms with E-state index in [0.29, 0.717) is 23.8 Å². The molecule has 0 fully saturated rings. The van der Waals surface area contributed by atoms with Crippen LogP contribution in [-0.4, -0.2) is 22.5 Å². The van der Waals surface area contributed by atoms with Crippen LogP contribution in [-0.2, 0) is 4.84 Å². The second-order valence-electron chi connectivity index (χ2n) is 4.88. The smallest absolute Gasteiger partial charge is 0.118 e. The largest absolute Gasteiger partial charge is 0.395 e. The van der Waals surface area contributed by atoms with Gasteiger partial charge in [-0.25, -0.2) is 0 Å². The van der Waals surface area contributed by atoms with Crippen LogP contribution in [0.4, 0.5) is 0 Å². The SMILES string of the molecule is N#CCCCCCO/N=C(\c1ccc(Cl)cc1)c1ccnnc1. The van der Waals surface area contributed by atoms with Crippen LogP contribution in [0, 0.1) is 11.3 Å². The van der Waals surface area contributed by atoms with Gasteiger partial charge in [0.15, 0.2) is 0 Å². The summed E-state index contributed by atoms with van der Waals surface area (Å²) in [6.45, 7) is 0.515. The molecular formula is C17H17ClN4O. The van der Waals surface area contributed by atoms with Crippen molar-refractivity contribution in [3.63, 3.8) is 0 Å². The summed E-state index contributed by atoms with van der Waals surface area (Å²) in [5.41, 5.74) is 2.41. The third-order valence-electron chi connectivity index (χ3n) is 3.16. The standard InChI is InChI=1S/C17H17ClN4O/c18-16-7-5-14(6-8-16)17(15-9-11-20-21-13-15)22-23-12-4-2-1-3-10-19/h5-9,11,13H,1-4,12H2/b22-17+. The van der Waals surface area contributed by atoms with E-state index < -0.39 is 0 Å². The van der Waals surface area contributed by atoms with Crippen LogP contribution < -0.4 is 0 Å². The third kappa shape index (κ3) is 5.68. The molecule has 0 aliphatic heterocycles. The molecule has 0 amide bonds. The number of aromatic nitrogens is 2. The number of rotatable bonds is 8. The van der Waals surface area contributed by atoms with Crippen LogP contribution in [0.15, 0.2) is 47.9 Å². The molecule has 0 saturated carbocycles. The molecule has 0 N–H and O–H groups in total. The highest BCUT2D eigenvalue weighted by Crippen LogP contribution is 2.14. The molecular weight excluding hydrogens is 312 g/mol. The van der Waals surface area contributed by atoms with Gasteiger partial charge in [0.25, 0.3) is 0 Å². The Bertz CT molecular complexity index is 665. The van der Waals surface area contributed by atoms with Crippen molar-refractivity contribution in [3.05, 3.63) is 58.9 Å². The van der Waals surface area contributed by atoms with E-state index in [-0.39, 0.29) is 0 Å². The van der Waals surface area contributed by atoms with Gasteiger partial charge in [-0.1, -0.05) is 28.9 Å². The molecule has 2 aromatic rings. The zero-order valence-electron chi connectivity index (χ0n) is 12.7. The lowest BCUT2D eigenvalue weighted by Crippen LogP contribution is -2.06. The van der Waals surface area contributed by atoms with Gasteiger partial charge in [-0.2, -0.15) is 15.5 Å². The molecule has 6 heteroatoms. The van der Waals surface area contributed by atoms with E-state index >= 15 is 0 Å². The number of oxime groups is 1. The maximum atomic E-state index is 8.49. The normalized spacial score (nSPS) is 11.0. The highest BCUT2D eigenvalue weighted by Gasteiger charge is 2.08. The first-order valence-corrected chi connectivity index (χ1v) is 7.79. The Labute approximate surface area is 140 Å². The zero-order chi connectivity index (χ0) is 16.3. The van der Waals surface area contributed by atoms with Crippen molar-refractivity contribution in [2.75, 3.05) is 6.61 Å². The third-order valence-corrected chi connectivity index (χ3v) is 3.41. The van der Waals surface area contributed by atoms with Crippen molar-refractivity contribution in [1.29, 1.82) is 5.26 Å². The second kappa shape index (κ2) is 9.54. The predicted octanol–water partition coefficient (Wildman–Crippen LogP) is 3.98. The molecule has 1 aromatic heterocycles. The van der Waals surface area contributed by atoms with Gasteiger partial charge < -0.3 is 4.84 Å². The minimum atomic E-state index is 0.515. The van der Waals surface area contributed by atoms with Gasteiger partial charge in [0.1, 0.15) is 12.3 Å². The average molecular weight is 329 g/mol. The first-order valence-electron chi connectivity index (χ1n) is 7.41. The monoisotopic (exact) mass is 328 g/mol. The maximum Gasteiger partial charge on any atom is 0.118 e. The summed E-state index contributed by atoms with van der Waals surface area (Å²) in [5, 5.41) is 21.1. The Morgan fingerprint density at radius 2 is 1.91 bits per heavy atom. The second-order valence-corrected chi connectivity index (χ2v) is 5.32. The fourth-order valence-corrected chi connectivity index (χ4v) is 2.09. The molecule has 118 valence electrons. The van der Waals surface area contributed by atoms with Crippen molar-refractivity contribution < 1.29 is 4.84 Å². The van der Waals surface area contributed by atoms with Gasteiger partial charge in [0.2, 0.25) is 0 Å². The van der Waals surface area contributed by atoms with Crippen LogP contribution >= 0.6 is 11.6 Å². The van der Waals surface area contributed by atoms with E-state index in [0.717, 1.165) is 30.4 Å². The molecule has 0 radical (unpaired) electrons. The summed E-state index contributed by atoms with van der Waals surface area (Å²) < 4.78 is 0. The Hall–Kier alpha value is -2.45. The van der Waals surface area contributed by atoms with Crippen LogP contribution in [0.1, 0.15) is 36.8 Å². The molecule has 0 saturated heterocycles. The van der Waals surface area contributed by atoms with Crippen LogP contribution in [0.5, 0.6) is 0 Å². The zero-order valence-corrected chi connectivity index (χ0v) is 13.4. The Kier molecular flexibility index (Phi) is 7.02. The summed E-state index contributed by atoms with van der Waals surface area (Å²) in [4.78, 5) is 5.44. The number of hydrogen-bond acceptors (Lipinski definition) is 5. The van der Waals surface area contributed by atoms with Crippen LogP contribution in [0.25, 0.3) is 0 Å². The molecule has 0 aliphatic carbocycles. The van der Waals surface area contributed by atoms with Crippen molar-refractivity contribution in [2.45, 2.75) is 25.7 Å². The van der Waals surface area contributed by atoms with E-state index in [4.69, 9.17) is 21.7 Å². The first-order chi connectivity index (χ1) is 11.3. The summed E-state index contributed by atoms with van der Waals surface area (Å²) in [6, 6.07) is 11.4. The molecule has 2 rings (SSSR count). The van der Waals surface area contributed by atoms with Gasteiger partial charge in [-0.15, -0.1) is 0 Å².